The second-order valence-electron chi connectivity index (χ2n) is 4.93. The summed E-state index contributed by atoms with van der Waals surface area (Å²) in [6.45, 7) is 2.17. The summed E-state index contributed by atoms with van der Waals surface area (Å²) in [7, 11) is 0. The number of carbonyl (C=O) groups excluding carboxylic acids is 1. The lowest BCUT2D eigenvalue weighted by atomic mass is 10.2. The van der Waals surface area contributed by atoms with Gasteiger partial charge in [-0.1, -0.05) is 36.2 Å². The molecular weight excluding hydrogens is 373 g/mol. The molecular formula is C15H15Cl2N3O3S. The van der Waals surface area contributed by atoms with Gasteiger partial charge in [0.2, 0.25) is 0 Å². The maximum absolute atomic E-state index is 12.4. The van der Waals surface area contributed by atoms with E-state index in [2.05, 4.69) is 4.98 Å². The summed E-state index contributed by atoms with van der Waals surface area (Å²) in [5.74, 6) is -0.706. The van der Waals surface area contributed by atoms with Crippen molar-refractivity contribution in [1.82, 2.24) is 9.55 Å². The van der Waals surface area contributed by atoms with Gasteiger partial charge in [-0.3, -0.25) is 19.1 Å². The Kier molecular flexibility index (Phi) is 6.15. The molecule has 1 aromatic carbocycles. The summed E-state index contributed by atoms with van der Waals surface area (Å²) < 4.78 is 1.18. The summed E-state index contributed by atoms with van der Waals surface area (Å²) in [6.07, 6.45) is 0.633. The Morgan fingerprint density at radius 2 is 1.92 bits per heavy atom. The summed E-state index contributed by atoms with van der Waals surface area (Å²) in [4.78, 5) is 38.8. The lowest BCUT2D eigenvalue weighted by Crippen LogP contribution is -2.36. The molecule has 1 aromatic heterocycles. The van der Waals surface area contributed by atoms with Crippen LogP contribution in [0.2, 0.25) is 10.0 Å². The second-order valence-corrected chi connectivity index (χ2v) is 6.73. The zero-order chi connectivity index (χ0) is 17.9. The predicted octanol–water partition coefficient (Wildman–Crippen LogP) is 2.81. The number of H-pyrrole nitrogens is 1. The number of aromatic amines is 1. The molecule has 2 rings (SSSR count). The molecule has 0 bridgehead atoms. The second kappa shape index (κ2) is 7.92. The van der Waals surface area contributed by atoms with Crippen molar-refractivity contribution in [3.8, 4) is 0 Å². The van der Waals surface area contributed by atoms with Gasteiger partial charge >= 0.3 is 5.69 Å². The number of aromatic nitrogens is 2. The molecule has 2 aromatic rings. The molecule has 0 aliphatic rings. The van der Waals surface area contributed by atoms with Crippen LogP contribution in [0, 0.1) is 0 Å². The molecule has 3 N–H and O–H groups in total. The molecule has 0 atom stereocenters. The van der Waals surface area contributed by atoms with Crippen molar-refractivity contribution >= 4 is 46.6 Å². The molecule has 0 radical (unpaired) electrons. The Bertz CT molecular complexity index is 872. The number of nitrogens with zero attached hydrogens (tertiary/aromatic N) is 1. The monoisotopic (exact) mass is 387 g/mol. The topological polar surface area (TPSA) is 97.9 Å². The Morgan fingerprint density at radius 1 is 1.29 bits per heavy atom. The van der Waals surface area contributed by atoms with Crippen LogP contribution in [0.25, 0.3) is 0 Å². The number of nitrogens with one attached hydrogen (secondary N) is 1. The third kappa shape index (κ3) is 3.85. The highest BCUT2D eigenvalue weighted by Crippen LogP contribution is 2.34. The van der Waals surface area contributed by atoms with Gasteiger partial charge in [0.1, 0.15) is 11.4 Å². The standard InChI is InChI=1S/C15H15Cl2N3O3S/c1-2-6-20-13(18)11(14(22)19-15(20)23)10(21)7-24-12-8(16)4-3-5-9(12)17/h3-5H,2,6-7,18H2,1H3,(H,19,22,23). The molecule has 6 nitrogen and oxygen atoms in total. The molecule has 128 valence electrons. The van der Waals surface area contributed by atoms with Crippen molar-refractivity contribution < 1.29 is 4.79 Å². The maximum Gasteiger partial charge on any atom is 0.329 e. The first-order valence-corrected chi connectivity index (χ1v) is 8.83. The minimum atomic E-state index is -0.791. The molecule has 24 heavy (non-hydrogen) atoms. The highest BCUT2D eigenvalue weighted by Gasteiger charge is 2.20. The molecule has 0 saturated carbocycles. The first-order chi connectivity index (χ1) is 11.4. The zero-order valence-corrected chi connectivity index (χ0v) is 15.1. The summed E-state index contributed by atoms with van der Waals surface area (Å²) in [6, 6.07) is 5.01. The molecule has 0 amide bonds. The van der Waals surface area contributed by atoms with Crippen LogP contribution >= 0.6 is 35.0 Å². The molecule has 0 saturated heterocycles. The van der Waals surface area contributed by atoms with Gasteiger partial charge < -0.3 is 5.73 Å². The maximum atomic E-state index is 12.4. The molecule has 9 heteroatoms. The summed E-state index contributed by atoms with van der Waals surface area (Å²) in [5.41, 5.74) is 4.22. The summed E-state index contributed by atoms with van der Waals surface area (Å²) >= 11 is 13.2. The fourth-order valence-corrected chi connectivity index (χ4v) is 3.69. The van der Waals surface area contributed by atoms with Gasteiger partial charge in [0.05, 0.1) is 15.8 Å². The minimum Gasteiger partial charge on any atom is -0.384 e. The van der Waals surface area contributed by atoms with E-state index < -0.39 is 17.0 Å². The average Bonchev–Trinajstić information content (AvgIpc) is 2.50. The molecule has 0 aliphatic heterocycles. The van der Waals surface area contributed by atoms with Gasteiger partial charge in [0.15, 0.2) is 5.78 Å². The first-order valence-electron chi connectivity index (χ1n) is 7.09. The largest absolute Gasteiger partial charge is 0.384 e. The van der Waals surface area contributed by atoms with Crippen molar-refractivity contribution in [2.75, 3.05) is 11.5 Å². The number of hydrogen-bond acceptors (Lipinski definition) is 5. The van der Waals surface area contributed by atoms with E-state index in [1.165, 1.54) is 4.57 Å². The lowest BCUT2D eigenvalue weighted by molar-refractivity contribution is 0.102. The number of carbonyl (C=O) groups is 1. The van der Waals surface area contributed by atoms with Gasteiger partial charge in [-0.2, -0.15) is 0 Å². The van der Waals surface area contributed by atoms with E-state index in [-0.39, 0.29) is 17.1 Å². The molecule has 1 heterocycles. The average molecular weight is 388 g/mol. The normalized spacial score (nSPS) is 10.8. The van der Waals surface area contributed by atoms with Gasteiger partial charge in [-0.25, -0.2) is 4.79 Å². The molecule has 0 unspecified atom stereocenters. The number of halogens is 2. The molecule has 0 fully saturated rings. The highest BCUT2D eigenvalue weighted by atomic mass is 35.5. The van der Waals surface area contributed by atoms with Gasteiger partial charge in [0.25, 0.3) is 5.56 Å². The van der Waals surface area contributed by atoms with Crippen LogP contribution < -0.4 is 17.0 Å². The van der Waals surface area contributed by atoms with Crippen molar-refractivity contribution in [1.29, 1.82) is 0 Å². The molecule has 0 spiro atoms. The summed E-state index contributed by atoms with van der Waals surface area (Å²) in [5, 5.41) is 0.830. The number of ketones is 1. The van der Waals surface area contributed by atoms with Crippen LogP contribution in [0.1, 0.15) is 23.7 Å². The number of benzene rings is 1. The predicted molar refractivity (Wildman–Crippen MR) is 97.5 cm³/mol. The molecule has 0 aliphatic carbocycles. The van der Waals surface area contributed by atoms with E-state index >= 15 is 0 Å². The van der Waals surface area contributed by atoms with Crippen molar-refractivity contribution in [2.45, 2.75) is 24.8 Å². The number of hydrogen-bond donors (Lipinski definition) is 2. The third-order valence-corrected chi connectivity index (χ3v) is 5.22. The minimum absolute atomic E-state index is 0.0823. The van der Waals surface area contributed by atoms with Gasteiger partial charge in [0, 0.05) is 11.4 Å². The van der Waals surface area contributed by atoms with Crippen LogP contribution in [-0.2, 0) is 6.54 Å². The fraction of sp³-hybridized carbons (Fsp3) is 0.267. The highest BCUT2D eigenvalue weighted by molar-refractivity contribution is 8.00. The quantitative estimate of drug-likeness (QED) is 0.586. The number of Topliss-reactive ketones (excluding diaryl/α,β-unsaturated/α-hetero) is 1. The third-order valence-electron chi connectivity index (χ3n) is 3.23. The van der Waals surface area contributed by atoms with Crippen LogP contribution in [-0.4, -0.2) is 21.1 Å². The van der Waals surface area contributed by atoms with Crippen LogP contribution in [0.3, 0.4) is 0 Å². The zero-order valence-electron chi connectivity index (χ0n) is 12.8. The number of rotatable bonds is 6. The van der Waals surface area contributed by atoms with Crippen LogP contribution in [0.15, 0.2) is 32.7 Å². The van der Waals surface area contributed by atoms with E-state index in [9.17, 15) is 14.4 Å². The van der Waals surface area contributed by atoms with E-state index in [0.717, 1.165) is 11.8 Å². The van der Waals surface area contributed by atoms with E-state index in [1.54, 1.807) is 18.2 Å². The van der Waals surface area contributed by atoms with Crippen molar-refractivity contribution in [3.63, 3.8) is 0 Å². The van der Waals surface area contributed by atoms with Gasteiger partial charge in [-0.15, -0.1) is 11.8 Å². The number of nitrogen functional groups attached to an aromatic ring is 1. The van der Waals surface area contributed by atoms with E-state index in [1.807, 2.05) is 6.92 Å². The van der Waals surface area contributed by atoms with E-state index in [0.29, 0.717) is 27.9 Å². The Balaban J connectivity index is 2.32. The van der Waals surface area contributed by atoms with Crippen molar-refractivity contribution in [3.05, 3.63) is 54.6 Å². The lowest BCUT2D eigenvalue weighted by Gasteiger charge is -2.11. The Labute approximate surface area is 152 Å². The number of anilines is 1. The SMILES string of the molecule is CCCn1c(N)c(C(=O)CSc2c(Cl)cccc2Cl)c(=O)[nH]c1=O. The first kappa shape index (κ1) is 18.6. The van der Waals surface area contributed by atoms with E-state index in [4.69, 9.17) is 28.9 Å². The number of thioether (sulfide) groups is 1. The fourth-order valence-electron chi connectivity index (χ4n) is 2.13. The van der Waals surface area contributed by atoms with Crippen molar-refractivity contribution in [2.24, 2.45) is 0 Å². The number of nitrogens with two attached hydrogens (primary N) is 1. The van der Waals surface area contributed by atoms with Gasteiger partial charge in [-0.05, 0) is 18.6 Å². The Hall–Kier alpha value is -1.70. The van der Waals surface area contributed by atoms with Crippen LogP contribution in [0.4, 0.5) is 5.82 Å². The van der Waals surface area contributed by atoms with Crippen LogP contribution in [0.5, 0.6) is 0 Å². The Morgan fingerprint density at radius 3 is 2.50 bits per heavy atom. The smallest absolute Gasteiger partial charge is 0.329 e.